The van der Waals surface area contributed by atoms with Gasteiger partial charge in [0.15, 0.2) is 5.13 Å². The smallest absolute Gasteiger partial charge is 0.337 e. The van der Waals surface area contributed by atoms with Crippen molar-refractivity contribution in [3.63, 3.8) is 0 Å². The van der Waals surface area contributed by atoms with Crippen molar-refractivity contribution >= 4 is 50.2 Å². The van der Waals surface area contributed by atoms with E-state index in [9.17, 15) is 9.59 Å². The van der Waals surface area contributed by atoms with Gasteiger partial charge in [-0.1, -0.05) is 22.9 Å². The van der Waals surface area contributed by atoms with Crippen molar-refractivity contribution in [2.24, 2.45) is 0 Å². The van der Waals surface area contributed by atoms with Gasteiger partial charge >= 0.3 is 5.97 Å². The summed E-state index contributed by atoms with van der Waals surface area (Å²) in [5.41, 5.74) is 1.65. The van der Waals surface area contributed by atoms with Crippen LogP contribution in [0.4, 0.5) is 5.13 Å². The number of carbonyl (C=O) groups is 2. The molecule has 1 fully saturated rings. The number of carbonyl (C=O) groups excluding carboxylic acids is 2. The van der Waals surface area contributed by atoms with Crippen molar-refractivity contribution in [2.45, 2.75) is 18.9 Å². The average Bonchev–Trinajstić information content (AvgIpc) is 3.40. The summed E-state index contributed by atoms with van der Waals surface area (Å²) in [5, 5.41) is 1.22. The molecule has 1 aliphatic heterocycles. The highest BCUT2D eigenvalue weighted by atomic mass is 35.5. The van der Waals surface area contributed by atoms with Gasteiger partial charge in [0.2, 0.25) is 0 Å². The van der Waals surface area contributed by atoms with Gasteiger partial charge in [0.05, 0.1) is 35.5 Å². The molecular weight excluding hydrogens is 412 g/mol. The Morgan fingerprint density at radius 2 is 2.00 bits per heavy atom. The maximum atomic E-state index is 13.3. The second kappa shape index (κ2) is 8.49. The number of amides is 1. The highest BCUT2D eigenvalue weighted by Crippen LogP contribution is 2.32. The SMILES string of the molecule is COC(=O)c1ccc(C(=O)N(CC2CCCO2)c2nc3ccc(Cl)cc3s2)cc1. The fourth-order valence-electron chi connectivity index (χ4n) is 3.26. The fraction of sp³-hybridized carbons (Fsp3) is 0.286. The second-order valence-corrected chi connectivity index (χ2v) is 8.17. The van der Waals surface area contributed by atoms with Crippen LogP contribution in [0.5, 0.6) is 0 Å². The Bertz CT molecular complexity index is 1040. The highest BCUT2D eigenvalue weighted by Gasteiger charge is 2.27. The van der Waals surface area contributed by atoms with Gasteiger partial charge in [-0.2, -0.15) is 0 Å². The largest absolute Gasteiger partial charge is 0.465 e. The van der Waals surface area contributed by atoms with E-state index in [1.54, 1.807) is 35.2 Å². The van der Waals surface area contributed by atoms with E-state index in [2.05, 4.69) is 4.98 Å². The van der Waals surface area contributed by atoms with Crippen LogP contribution in [-0.4, -0.2) is 43.2 Å². The van der Waals surface area contributed by atoms with E-state index in [0.717, 1.165) is 23.1 Å². The number of aromatic nitrogens is 1. The lowest BCUT2D eigenvalue weighted by Crippen LogP contribution is -2.37. The quantitative estimate of drug-likeness (QED) is 0.555. The van der Waals surface area contributed by atoms with Crippen molar-refractivity contribution in [1.29, 1.82) is 0 Å². The van der Waals surface area contributed by atoms with E-state index in [1.807, 2.05) is 12.1 Å². The van der Waals surface area contributed by atoms with Gasteiger partial charge in [-0.15, -0.1) is 0 Å². The Balaban J connectivity index is 1.67. The first-order valence-electron chi connectivity index (χ1n) is 9.23. The molecule has 4 rings (SSSR count). The summed E-state index contributed by atoms with van der Waals surface area (Å²) in [5.74, 6) is -0.634. The van der Waals surface area contributed by atoms with E-state index in [0.29, 0.717) is 34.4 Å². The van der Waals surface area contributed by atoms with Crippen molar-refractivity contribution < 1.29 is 19.1 Å². The third-order valence-corrected chi connectivity index (χ3v) is 6.05. The molecule has 0 aliphatic carbocycles. The summed E-state index contributed by atoms with van der Waals surface area (Å²) in [7, 11) is 1.32. The summed E-state index contributed by atoms with van der Waals surface area (Å²) < 4.78 is 11.4. The third-order valence-electron chi connectivity index (χ3n) is 4.78. The summed E-state index contributed by atoms with van der Waals surface area (Å²) in [6.45, 7) is 1.13. The first-order valence-corrected chi connectivity index (χ1v) is 10.4. The predicted octanol–water partition coefficient (Wildman–Crippen LogP) is 4.56. The fourth-order valence-corrected chi connectivity index (χ4v) is 4.51. The minimum atomic E-state index is -0.441. The van der Waals surface area contributed by atoms with Crippen LogP contribution in [-0.2, 0) is 9.47 Å². The number of hydrogen-bond donors (Lipinski definition) is 0. The van der Waals surface area contributed by atoms with E-state index >= 15 is 0 Å². The second-order valence-electron chi connectivity index (χ2n) is 6.73. The number of methoxy groups -OCH3 is 1. The molecule has 2 aromatic carbocycles. The number of rotatable bonds is 5. The van der Waals surface area contributed by atoms with Gasteiger partial charge in [-0.3, -0.25) is 9.69 Å². The van der Waals surface area contributed by atoms with Crippen molar-refractivity contribution in [1.82, 2.24) is 4.98 Å². The normalized spacial score (nSPS) is 16.1. The lowest BCUT2D eigenvalue weighted by molar-refractivity contribution is 0.0600. The Labute approximate surface area is 177 Å². The van der Waals surface area contributed by atoms with Crippen LogP contribution in [0.3, 0.4) is 0 Å². The van der Waals surface area contributed by atoms with Crippen LogP contribution >= 0.6 is 22.9 Å². The molecule has 1 atom stereocenters. The molecule has 3 aromatic rings. The molecule has 0 saturated carbocycles. The van der Waals surface area contributed by atoms with Crippen LogP contribution in [0.25, 0.3) is 10.2 Å². The molecule has 0 N–H and O–H groups in total. The van der Waals surface area contributed by atoms with E-state index in [-0.39, 0.29) is 12.0 Å². The van der Waals surface area contributed by atoms with Gasteiger partial charge in [0.25, 0.3) is 5.91 Å². The number of halogens is 1. The summed E-state index contributed by atoms with van der Waals surface area (Å²) >= 11 is 7.51. The van der Waals surface area contributed by atoms with Crippen LogP contribution in [0, 0.1) is 0 Å². The predicted molar refractivity (Wildman–Crippen MR) is 113 cm³/mol. The number of ether oxygens (including phenoxy) is 2. The molecule has 0 radical (unpaired) electrons. The van der Waals surface area contributed by atoms with E-state index in [1.165, 1.54) is 18.4 Å². The number of fused-ring (bicyclic) bond motifs is 1. The van der Waals surface area contributed by atoms with Crippen molar-refractivity contribution in [3.8, 4) is 0 Å². The topological polar surface area (TPSA) is 68.7 Å². The lowest BCUT2D eigenvalue weighted by atomic mass is 10.1. The van der Waals surface area contributed by atoms with Crippen molar-refractivity contribution in [3.05, 3.63) is 58.6 Å². The molecule has 1 aromatic heterocycles. The summed E-state index contributed by atoms with van der Waals surface area (Å²) in [4.78, 5) is 31.3. The zero-order valence-corrected chi connectivity index (χ0v) is 17.3. The Hall–Kier alpha value is -2.48. The molecule has 2 heterocycles. The molecule has 6 nitrogen and oxygen atoms in total. The molecule has 0 spiro atoms. The van der Waals surface area contributed by atoms with Crippen LogP contribution in [0.2, 0.25) is 5.02 Å². The molecule has 0 bridgehead atoms. The van der Waals surface area contributed by atoms with Gasteiger partial charge in [-0.25, -0.2) is 9.78 Å². The van der Waals surface area contributed by atoms with Crippen LogP contribution in [0.15, 0.2) is 42.5 Å². The van der Waals surface area contributed by atoms with Crippen LogP contribution in [0.1, 0.15) is 33.6 Å². The Morgan fingerprint density at radius 1 is 1.24 bits per heavy atom. The van der Waals surface area contributed by atoms with E-state index in [4.69, 9.17) is 21.1 Å². The van der Waals surface area contributed by atoms with Gasteiger partial charge in [-0.05, 0) is 55.3 Å². The minimum Gasteiger partial charge on any atom is -0.465 e. The molecule has 150 valence electrons. The number of esters is 1. The molecule has 1 saturated heterocycles. The standard InChI is InChI=1S/C21H19ClN2O4S/c1-27-20(26)14-6-4-13(5-7-14)19(25)24(12-16-3-2-10-28-16)21-23-17-9-8-15(22)11-18(17)29-21/h4-9,11,16H,2-3,10,12H2,1H3. The lowest BCUT2D eigenvalue weighted by Gasteiger charge is -2.23. The molecule has 8 heteroatoms. The number of hydrogen-bond acceptors (Lipinski definition) is 6. The molecule has 29 heavy (non-hydrogen) atoms. The van der Waals surface area contributed by atoms with Gasteiger partial charge < -0.3 is 9.47 Å². The Kier molecular flexibility index (Phi) is 5.80. The maximum Gasteiger partial charge on any atom is 0.337 e. The van der Waals surface area contributed by atoms with Gasteiger partial charge in [0, 0.05) is 17.2 Å². The number of benzene rings is 2. The monoisotopic (exact) mass is 430 g/mol. The van der Waals surface area contributed by atoms with E-state index < -0.39 is 5.97 Å². The average molecular weight is 431 g/mol. The number of thiazole rings is 1. The number of nitrogens with zero attached hydrogens (tertiary/aromatic N) is 2. The highest BCUT2D eigenvalue weighted by molar-refractivity contribution is 7.22. The third kappa shape index (κ3) is 4.27. The Morgan fingerprint density at radius 3 is 2.69 bits per heavy atom. The molecule has 1 aliphatic rings. The zero-order chi connectivity index (χ0) is 20.4. The minimum absolute atomic E-state index is 0.0242. The zero-order valence-electron chi connectivity index (χ0n) is 15.8. The summed E-state index contributed by atoms with van der Waals surface area (Å²) in [6.07, 6.45) is 1.86. The first-order chi connectivity index (χ1) is 14.0. The van der Waals surface area contributed by atoms with Crippen molar-refractivity contribution in [2.75, 3.05) is 25.2 Å². The molecule has 1 unspecified atom stereocenters. The maximum absolute atomic E-state index is 13.3. The van der Waals surface area contributed by atoms with Crippen LogP contribution < -0.4 is 4.90 Å². The molecular formula is C21H19ClN2O4S. The molecule has 1 amide bonds. The van der Waals surface area contributed by atoms with Gasteiger partial charge in [0.1, 0.15) is 0 Å². The number of anilines is 1. The summed E-state index contributed by atoms with van der Waals surface area (Å²) in [6, 6.07) is 11.9. The first kappa shape index (κ1) is 19.8.